The quantitative estimate of drug-likeness (QED) is 0.486. The lowest BCUT2D eigenvalue weighted by Gasteiger charge is -2.31. The van der Waals surface area contributed by atoms with Crippen molar-refractivity contribution in [2.24, 2.45) is 0 Å². The first kappa shape index (κ1) is 24.1. The van der Waals surface area contributed by atoms with Crippen LogP contribution in [-0.2, 0) is 14.8 Å². The van der Waals surface area contributed by atoms with Crippen molar-refractivity contribution in [3.63, 3.8) is 0 Å². The summed E-state index contributed by atoms with van der Waals surface area (Å²) in [5.41, 5.74) is 0.772. The van der Waals surface area contributed by atoms with Gasteiger partial charge in [-0.15, -0.1) is 11.3 Å². The lowest BCUT2D eigenvalue weighted by molar-refractivity contribution is -0.120. The van der Waals surface area contributed by atoms with E-state index in [1.807, 2.05) is 0 Å². The Balaban J connectivity index is 1.66. The second-order valence-electron chi connectivity index (χ2n) is 8.34. The fraction of sp³-hybridized carbons (Fsp3) is 0.391. The van der Waals surface area contributed by atoms with E-state index in [0.717, 1.165) is 23.8 Å². The summed E-state index contributed by atoms with van der Waals surface area (Å²) in [6.45, 7) is 1.90. The molecule has 2 fully saturated rings. The smallest absolute Gasteiger partial charge is 0.245 e. The number of hydrogen-bond donors (Lipinski definition) is 0. The van der Waals surface area contributed by atoms with Gasteiger partial charge in [0.05, 0.1) is 15.4 Å². The van der Waals surface area contributed by atoms with Gasteiger partial charge in [0.1, 0.15) is 18.1 Å². The first-order valence-corrected chi connectivity index (χ1v) is 13.4. The molecule has 0 bridgehead atoms. The monoisotopic (exact) mass is 510 g/mol. The third-order valence-electron chi connectivity index (χ3n) is 6.15. The number of amides is 1. The molecule has 6 nitrogen and oxygen atoms in total. The molecule has 10 heteroatoms. The summed E-state index contributed by atoms with van der Waals surface area (Å²) in [7, 11) is -3.94. The molecule has 1 aliphatic heterocycles. The zero-order valence-electron chi connectivity index (χ0n) is 18.0. The highest BCUT2D eigenvalue weighted by molar-refractivity contribution is 7.92. The van der Waals surface area contributed by atoms with Crippen molar-refractivity contribution < 1.29 is 22.4 Å². The van der Waals surface area contributed by atoms with Gasteiger partial charge in [0.2, 0.25) is 15.9 Å². The molecule has 0 spiro atoms. The van der Waals surface area contributed by atoms with Gasteiger partial charge < -0.3 is 4.90 Å². The molecule has 1 atom stereocenters. The Morgan fingerprint density at radius 1 is 1.21 bits per heavy atom. The number of rotatable bonds is 7. The Kier molecular flexibility index (Phi) is 7.04. The summed E-state index contributed by atoms with van der Waals surface area (Å²) in [4.78, 5) is 26.3. The SMILES string of the molecule is C/C(=C\S(=O)(=O)N(C1CCCC1)[C@H]1CCN(c2ccc(C=O)cc2F)C1=O)c1ccc(Cl)s1. The van der Waals surface area contributed by atoms with Gasteiger partial charge in [0, 0.05) is 23.0 Å². The number of allylic oxidation sites excluding steroid dienone is 1. The van der Waals surface area contributed by atoms with Gasteiger partial charge in [-0.2, -0.15) is 4.31 Å². The van der Waals surface area contributed by atoms with E-state index < -0.39 is 27.8 Å². The maximum atomic E-state index is 14.6. The van der Waals surface area contributed by atoms with Gasteiger partial charge in [-0.3, -0.25) is 9.59 Å². The molecule has 2 aromatic rings. The van der Waals surface area contributed by atoms with Crippen LogP contribution >= 0.6 is 22.9 Å². The number of aldehydes is 1. The molecule has 33 heavy (non-hydrogen) atoms. The zero-order chi connectivity index (χ0) is 23.8. The molecule has 4 rings (SSSR count). The van der Waals surface area contributed by atoms with E-state index in [1.165, 1.54) is 38.1 Å². The van der Waals surface area contributed by atoms with Crippen LogP contribution in [0.25, 0.3) is 5.57 Å². The van der Waals surface area contributed by atoms with Gasteiger partial charge in [-0.1, -0.05) is 24.4 Å². The molecule has 1 amide bonds. The third kappa shape index (κ3) is 4.91. The lowest BCUT2D eigenvalue weighted by atomic mass is 10.1. The summed E-state index contributed by atoms with van der Waals surface area (Å²) in [5, 5.41) is 1.21. The van der Waals surface area contributed by atoms with Crippen LogP contribution in [0, 0.1) is 5.82 Å². The van der Waals surface area contributed by atoms with Gasteiger partial charge in [0.15, 0.2) is 0 Å². The summed E-state index contributed by atoms with van der Waals surface area (Å²) in [6.07, 6.45) is 3.96. The van der Waals surface area contributed by atoms with Gasteiger partial charge in [0.25, 0.3) is 0 Å². The maximum Gasteiger partial charge on any atom is 0.245 e. The largest absolute Gasteiger partial charge is 0.308 e. The normalized spacial score (nSPS) is 20.2. The van der Waals surface area contributed by atoms with E-state index in [1.54, 1.807) is 19.1 Å². The van der Waals surface area contributed by atoms with Crippen molar-refractivity contribution in [3.05, 3.63) is 56.3 Å². The predicted molar refractivity (Wildman–Crippen MR) is 129 cm³/mol. The molecular weight excluding hydrogens is 487 g/mol. The molecule has 1 aromatic carbocycles. The summed E-state index contributed by atoms with van der Waals surface area (Å²) >= 11 is 7.29. The first-order chi connectivity index (χ1) is 15.7. The van der Waals surface area contributed by atoms with Crippen LogP contribution in [0.15, 0.2) is 35.7 Å². The van der Waals surface area contributed by atoms with E-state index >= 15 is 0 Å². The number of carbonyl (C=O) groups excluding carboxylic acids is 2. The minimum atomic E-state index is -3.94. The van der Waals surface area contributed by atoms with E-state index in [0.29, 0.717) is 29.0 Å². The third-order valence-corrected chi connectivity index (χ3v) is 9.31. The number of hydrogen-bond acceptors (Lipinski definition) is 5. The van der Waals surface area contributed by atoms with Crippen molar-refractivity contribution in [2.45, 2.75) is 51.1 Å². The summed E-state index contributed by atoms with van der Waals surface area (Å²) in [6, 6.07) is 6.20. The minimum Gasteiger partial charge on any atom is -0.308 e. The van der Waals surface area contributed by atoms with Gasteiger partial charge in [-0.05, 0) is 62.1 Å². The number of benzene rings is 1. The molecule has 1 saturated carbocycles. The Labute approximate surface area is 201 Å². The Bertz CT molecular complexity index is 1200. The number of sulfonamides is 1. The van der Waals surface area contributed by atoms with Crippen molar-refractivity contribution in [1.29, 1.82) is 0 Å². The van der Waals surface area contributed by atoms with Crippen LogP contribution in [0.5, 0.6) is 0 Å². The minimum absolute atomic E-state index is 0.0526. The highest BCUT2D eigenvalue weighted by Gasteiger charge is 2.45. The van der Waals surface area contributed by atoms with E-state index in [4.69, 9.17) is 11.6 Å². The topological polar surface area (TPSA) is 74.8 Å². The average molecular weight is 511 g/mol. The summed E-state index contributed by atoms with van der Waals surface area (Å²) in [5.74, 6) is -1.14. The Hall–Kier alpha value is -2.07. The molecule has 0 unspecified atom stereocenters. The van der Waals surface area contributed by atoms with Crippen LogP contribution in [0.4, 0.5) is 10.1 Å². The van der Waals surface area contributed by atoms with Crippen molar-refractivity contribution >= 4 is 56.4 Å². The second kappa shape index (κ2) is 9.66. The van der Waals surface area contributed by atoms with Gasteiger partial charge >= 0.3 is 0 Å². The van der Waals surface area contributed by atoms with Crippen LogP contribution < -0.4 is 4.90 Å². The van der Waals surface area contributed by atoms with Crippen molar-refractivity contribution in [2.75, 3.05) is 11.4 Å². The molecule has 1 aliphatic carbocycles. The van der Waals surface area contributed by atoms with E-state index in [9.17, 15) is 22.4 Å². The molecule has 176 valence electrons. The number of nitrogens with zero attached hydrogens (tertiary/aromatic N) is 2. The molecule has 2 heterocycles. The van der Waals surface area contributed by atoms with E-state index in [2.05, 4.69) is 0 Å². The maximum absolute atomic E-state index is 14.6. The molecule has 1 aromatic heterocycles. The second-order valence-corrected chi connectivity index (χ2v) is 11.7. The van der Waals surface area contributed by atoms with Crippen molar-refractivity contribution in [3.8, 4) is 0 Å². The number of thiophene rings is 1. The Morgan fingerprint density at radius 2 is 1.94 bits per heavy atom. The van der Waals surface area contributed by atoms with E-state index in [-0.39, 0.29) is 30.3 Å². The predicted octanol–water partition coefficient (Wildman–Crippen LogP) is 5.09. The summed E-state index contributed by atoms with van der Waals surface area (Å²) < 4.78 is 43.6. The Morgan fingerprint density at radius 3 is 2.55 bits per heavy atom. The molecule has 1 saturated heterocycles. The highest BCUT2D eigenvalue weighted by Crippen LogP contribution is 2.35. The van der Waals surface area contributed by atoms with Crippen LogP contribution in [0.1, 0.15) is 54.3 Å². The molecule has 0 N–H and O–H groups in total. The number of halogens is 2. The zero-order valence-corrected chi connectivity index (χ0v) is 20.4. The van der Waals surface area contributed by atoms with Gasteiger partial charge in [-0.25, -0.2) is 12.8 Å². The fourth-order valence-corrected chi connectivity index (χ4v) is 7.58. The standard InChI is InChI=1S/C23H24ClFN2O4S2/c1-15(21-8-9-22(24)32-21)14-33(30,31)27(17-4-2-3-5-17)20-10-11-26(23(20)29)19-7-6-16(13-28)12-18(19)25/h6-9,12-14,17,20H,2-5,10-11H2,1H3/b15-14+/t20-/m0/s1. The number of carbonyl (C=O) groups is 2. The van der Waals surface area contributed by atoms with Crippen LogP contribution in [0.2, 0.25) is 4.34 Å². The molecular formula is C23H24ClFN2O4S2. The van der Waals surface area contributed by atoms with Crippen molar-refractivity contribution in [1.82, 2.24) is 4.31 Å². The molecule has 2 aliphatic rings. The average Bonchev–Trinajstić information content (AvgIpc) is 3.51. The first-order valence-electron chi connectivity index (χ1n) is 10.7. The number of anilines is 1. The molecule has 0 radical (unpaired) electrons. The van der Waals surface area contributed by atoms with Crippen LogP contribution in [0.3, 0.4) is 0 Å². The fourth-order valence-electron chi connectivity index (χ4n) is 4.62. The highest BCUT2D eigenvalue weighted by atomic mass is 35.5. The van der Waals surface area contributed by atoms with Crippen LogP contribution in [-0.4, -0.2) is 43.5 Å². The lowest BCUT2D eigenvalue weighted by Crippen LogP contribution is -2.49.